The number of benzene rings is 1. The Morgan fingerprint density at radius 3 is 1.85 bits per heavy atom. The summed E-state index contributed by atoms with van der Waals surface area (Å²) >= 11 is 0. The molecule has 148 valence electrons. The van der Waals surface area contributed by atoms with Crippen molar-refractivity contribution in [2.24, 2.45) is 0 Å². The number of hydrogen-bond donors (Lipinski definition) is 0. The average molecular weight is 358 g/mol. The van der Waals surface area contributed by atoms with E-state index in [0.29, 0.717) is 6.04 Å². The predicted molar refractivity (Wildman–Crippen MR) is 117 cm³/mol. The van der Waals surface area contributed by atoms with E-state index in [-0.39, 0.29) is 5.41 Å². The predicted octanol–water partition coefficient (Wildman–Crippen LogP) is 7.87. The molecule has 1 heterocycles. The van der Waals surface area contributed by atoms with Gasteiger partial charge in [0.1, 0.15) is 0 Å². The summed E-state index contributed by atoms with van der Waals surface area (Å²) in [6.45, 7) is 10.7. The third-order valence-electron chi connectivity index (χ3n) is 6.67. The molecular weight excluding hydrogens is 314 g/mol. The van der Waals surface area contributed by atoms with Crippen LogP contribution in [0, 0.1) is 0 Å². The van der Waals surface area contributed by atoms with Gasteiger partial charge in [-0.2, -0.15) is 0 Å². The molecule has 1 heteroatoms. The maximum Gasteiger partial charge on any atom is 0.0407 e. The van der Waals surface area contributed by atoms with Gasteiger partial charge in [-0.05, 0) is 25.0 Å². The van der Waals surface area contributed by atoms with Crippen molar-refractivity contribution in [2.75, 3.05) is 11.4 Å². The zero-order chi connectivity index (χ0) is 18.8. The first-order chi connectivity index (χ1) is 12.6. The highest BCUT2D eigenvalue weighted by Crippen LogP contribution is 2.44. The summed E-state index contributed by atoms with van der Waals surface area (Å²) < 4.78 is 0. The summed E-state index contributed by atoms with van der Waals surface area (Å²) in [7, 11) is 0. The zero-order valence-electron chi connectivity index (χ0n) is 18.0. The van der Waals surface area contributed by atoms with Gasteiger partial charge in [-0.3, -0.25) is 0 Å². The highest BCUT2D eigenvalue weighted by atomic mass is 15.2. The first kappa shape index (κ1) is 21.3. The molecule has 1 unspecified atom stereocenters. The lowest BCUT2D eigenvalue weighted by atomic mass is 9.81. The van der Waals surface area contributed by atoms with Crippen molar-refractivity contribution >= 4 is 5.69 Å². The lowest BCUT2D eigenvalue weighted by Gasteiger charge is -2.31. The molecule has 26 heavy (non-hydrogen) atoms. The topological polar surface area (TPSA) is 3.24 Å². The maximum atomic E-state index is 2.66. The summed E-state index contributed by atoms with van der Waals surface area (Å²) in [6, 6.07) is 9.64. The molecule has 0 saturated heterocycles. The molecule has 0 saturated carbocycles. The van der Waals surface area contributed by atoms with Crippen molar-refractivity contribution in [3.8, 4) is 0 Å². The Kier molecular flexibility index (Phi) is 9.02. The zero-order valence-corrected chi connectivity index (χ0v) is 18.0. The number of anilines is 1. The molecule has 1 aromatic carbocycles. The summed E-state index contributed by atoms with van der Waals surface area (Å²) in [6.07, 6.45) is 17.1. The minimum absolute atomic E-state index is 0.272. The SMILES string of the molecule is CCCCCCCCCCCCCCN1c2ccccc2C(C)(C)C1C. The van der Waals surface area contributed by atoms with E-state index in [1.54, 1.807) is 0 Å². The van der Waals surface area contributed by atoms with E-state index >= 15 is 0 Å². The van der Waals surface area contributed by atoms with Crippen molar-refractivity contribution in [1.82, 2.24) is 0 Å². The number of unbranched alkanes of at least 4 members (excludes halogenated alkanes) is 11. The molecule has 0 spiro atoms. The van der Waals surface area contributed by atoms with Crippen molar-refractivity contribution in [3.63, 3.8) is 0 Å². The molecule has 1 nitrogen and oxygen atoms in total. The standard InChI is InChI=1S/C25H43N/c1-5-6-7-8-9-10-11-12-13-14-15-18-21-26-22(2)25(3,4)23-19-16-17-20-24(23)26/h16-17,19-20,22H,5-15,18,21H2,1-4H3. The largest absolute Gasteiger partial charge is 0.368 e. The Balaban J connectivity index is 1.55. The van der Waals surface area contributed by atoms with Gasteiger partial charge in [0.25, 0.3) is 0 Å². The van der Waals surface area contributed by atoms with Crippen LogP contribution in [0.3, 0.4) is 0 Å². The molecule has 1 aromatic rings. The van der Waals surface area contributed by atoms with Crippen LogP contribution in [0.2, 0.25) is 0 Å². The van der Waals surface area contributed by atoms with Crippen LogP contribution in [0.25, 0.3) is 0 Å². The first-order valence-electron chi connectivity index (χ1n) is 11.4. The summed E-state index contributed by atoms with van der Waals surface area (Å²) in [5.74, 6) is 0. The molecule has 1 aliphatic rings. The second-order valence-corrected chi connectivity index (χ2v) is 9.00. The normalized spacial score (nSPS) is 18.3. The molecule has 1 atom stereocenters. The quantitative estimate of drug-likeness (QED) is 0.325. The minimum atomic E-state index is 0.272. The monoisotopic (exact) mass is 357 g/mol. The number of hydrogen-bond acceptors (Lipinski definition) is 1. The van der Waals surface area contributed by atoms with E-state index in [2.05, 4.69) is 56.9 Å². The van der Waals surface area contributed by atoms with Gasteiger partial charge >= 0.3 is 0 Å². The molecular formula is C25H43N. The average Bonchev–Trinajstić information content (AvgIpc) is 2.83. The summed E-state index contributed by atoms with van der Waals surface area (Å²) in [5.41, 5.74) is 3.28. The van der Waals surface area contributed by atoms with Crippen LogP contribution >= 0.6 is 0 Å². The number of para-hydroxylation sites is 1. The smallest absolute Gasteiger partial charge is 0.0407 e. The van der Waals surface area contributed by atoms with Crippen molar-refractivity contribution in [1.29, 1.82) is 0 Å². The third kappa shape index (κ3) is 5.76. The van der Waals surface area contributed by atoms with Gasteiger partial charge in [-0.15, -0.1) is 0 Å². The second-order valence-electron chi connectivity index (χ2n) is 9.00. The van der Waals surface area contributed by atoms with Gasteiger partial charge in [0, 0.05) is 23.7 Å². The summed E-state index contributed by atoms with van der Waals surface area (Å²) in [5, 5.41) is 0. The Labute approximate surface area is 163 Å². The lowest BCUT2D eigenvalue weighted by Crippen LogP contribution is -2.39. The molecule has 0 amide bonds. The molecule has 0 aliphatic carbocycles. The van der Waals surface area contributed by atoms with Crippen LogP contribution in [0.4, 0.5) is 5.69 Å². The van der Waals surface area contributed by atoms with Gasteiger partial charge in [0.05, 0.1) is 0 Å². The van der Waals surface area contributed by atoms with Gasteiger partial charge in [-0.1, -0.05) is 110 Å². The van der Waals surface area contributed by atoms with Crippen LogP contribution in [0.5, 0.6) is 0 Å². The Morgan fingerprint density at radius 2 is 1.27 bits per heavy atom. The van der Waals surface area contributed by atoms with Crippen LogP contribution in [0.1, 0.15) is 110 Å². The Hall–Kier alpha value is -0.980. The second kappa shape index (κ2) is 11.0. The number of fused-ring (bicyclic) bond motifs is 1. The Bertz CT molecular complexity index is 505. The van der Waals surface area contributed by atoms with Crippen molar-refractivity contribution in [3.05, 3.63) is 29.8 Å². The van der Waals surface area contributed by atoms with Crippen molar-refractivity contribution in [2.45, 2.75) is 116 Å². The van der Waals surface area contributed by atoms with Gasteiger partial charge in [0.15, 0.2) is 0 Å². The van der Waals surface area contributed by atoms with Crippen LogP contribution < -0.4 is 4.90 Å². The molecule has 0 fully saturated rings. The van der Waals surface area contributed by atoms with Gasteiger partial charge < -0.3 is 4.90 Å². The fraction of sp³-hybridized carbons (Fsp3) is 0.760. The molecule has 1 aliphatic heterocycles. The third-order valence-corrected chi connectivity index (χ3v) is 6.67. The van der Waals surface area contributed by atoms with Gasteiger partial charge in [-0.25, -0.2) is 0 Å². The lowest BCUT2D eigenvalue weighted by molar-refractivity contribution is 0.436. The molecule has 0 N–H and O–H groups in total. The van der Waals surface area contributed by atoms with Crippen LogP contribution in [0.15, 0.2) is 24.3 Å². The Morgan fingerprint density at radius 1 is 0.769 bits per heavy atom. The fourth-order valence-electron chi connectivity index (χ4n) is 4.53. The first-order valence-corrected chi connectivity index (χ1v) is 11.4. The molecule has 2 rings (SSSR count). The van der Waals surface area contributed by atoms with Crippen LogP contribution in [-0.4, -0.2) is 12.6 Å². The van der Waals surface area contributed by atoms with Crippen LogP contribution in [-0.2, 0) is 5.41 Å². The van der Waals surface area contributed by atoms with Gasteiger partial charge in [0.2, 0.25) is 0 Å². The van der Waals surface area contributed by atoms with E-state index in [1.807, 2.05) is 0 Å². The van der Waals surface area contributed by atoms with E-state index in [4.69, 9.17) is 0 Å². The van der Waals surface area contributed by atoms with E-state index in [9.17, 15) is 0 Å². The summed E-state index contributed by atoms with van der Waals surface area (Å²) in [4.78, 5) is 2.66. The molecule has 0 bridgehead atoms. The fourth-order valence-corrected chi connectivity index (χ4v) is 4.53. The number of nitrogens with zero attached hydrogens (tertiary/aromatic N) is 1. The highest BCUT2D eigenvalue weighted by molar-refractivity contribution is 5.63. The minimum Gasteiger partial charge on any atom is -0.368 e. The highest BCUT2D eigenvalue weighted by Gasteiger charge is 2.40. The van der Waals surface area contributed by atoms with E-state index < -0.39 is 0 Å². The molecule has 0 aromatic heterocycles. The van der Waals surface area contributed by atoms with E-state index in [0.717, 1.165) is 0 Å². The molecule has 0 radical (unpaired) electrons. The van der Waals surface area contributed by atoms with Crippen molar-refractivity contribution < 1.29 is 0 Å². The van der Waals surface area contributed by atoms with E-state index in [1.165, 1.54) is 94.8 Å². The maximum absolute atomic E-state index is 2.66. The number of rotatable bonds is 13.